The largest absolute Gasteiger partial charge is 0.462 e. The molecule has 20 heavy (non-hydrogen) atoms. The van der Waals surface area contributed by atoms with Crippen molar-refractivity contribution in [1.82, 2.24) is 4.98 Å². The molecule has 0 saturated heterocycles. The summed E-state index contributed by atoms with van der Waals surface area (Å²) in [5, 5.41) is 2.02. The lowest BCUT2D eigenvalue weighted by Gasteiger charge is -2.12. The molecule has 0 unspecified atom stereocenters. The van der Waals surface area contributed by atoms with Crippen LogP contribution in [0.3, 0.4) is 0 Å². The van der Waals surface area contributed by atoms with Gasteiger partial charge in [0.05, 0.1) is 28.4 Å². The molecule has 3 nitrogen and oxygen atoms in total. The number of carbonyl (C=O) groups is 1. The van der Waals surface area contributed by atoms with E-state index < -0.39 is 0 Å². The first kappa shape index (κ1) is 15.2. The van der Waals surface area contributed by atoms with E-state index in [1.807, 2.05) is 37.4 Å². The number of carbonyl (C=O) groups excluding carboxylic acids is 1. The number of esters is 1. The molecule has 0 amide bonds. The lowest BCUT2D eigenvalue weighted by atomic mass is 10.0. The summed E-state index contributed by atoms with van der Waals surface area (Å²) in [4.78, 5) is 17.7. The van der Waals surface area contributed by atoms with Crippen LogP contribution in [0.1, 0.15) is 42.7 Å². The Hall–Kier alpha value is -1.20. The predicted molar refractivity (Wildman–Crippen MR) is 85.3 cm³/mol. The Morgan fingerprint density at radius 2 is 2.20 bits per heavy atom. The van der Waals surface area contributed by atoms with E-state index in [9.17, 15) is 4.79 Å². The first-order valence-corrected chi connectivity index (χ1v) is 8.12. The Morgan fingerprint density at radius 1 is 1.45 bits per heavy atom. The highest BCUT2D eigenvalue weighted by Crippen LogP contribution is 2.30. The summed E-state index contributed by atoms with van der Waals surface area (Å²) in [6.07, 6.45) is 0. The molecule has 0 aliphatic carbocycles. The minimum absolute atomic E-state index is 0.165. The van der Waals surface area contributed by atoms with Crippen LogP contribution in [-0.2, 0) is 4.74 Å². The predicted octanol–water partition coefficient (Wildman–Crippen LogP) is 4.87. The molecule has 0 aromatic carbocycles. The van der Waals surface area contributed by atoms with Gasteiger partial charge in [0.15, 0.2) is 0 Å². The van der Waals surface area contributed by atoms with E-state index in [-0.39, 0.29) is 11.9 Å². The second kappa shape index (κ2) is 6.50. The van der Waals surface area contributed by atoms with E-state index in [1.165, 1.54) is 0 Å². The maximum Gasteiger partial charge on any atom is 0.339 e. The van der Waals surface area contributed by atoms with Crippen LogP contribution in [0.2, 0.25) is 0 Å². The zero-order valence-electron chi connectivity index (χ0n) is 11.6. The van der Waals surface area contributed by atoms with Gasteiger partial charge in [0.1, 0.15) is 0 Å². The van der Waals surface area contributed by atoms with Crippen molar-refractivity contribution < 1.29 is 9.53 Å². The third-order valence-electron chi connectivity index (χ3n) is 2.79. The van der Waals surface area contributed by atoms with Crippen LogP contribution in [0.15, 0.2) is 28.1 Å². The second-order valence-corrected chi connectivity index (χ2v) is 6.46. The molecule has 2 rings (SSSR count). The third-order valence-corrected chi connectivity index (χ3v) is 4.50. The number of aromatic nitrogens is 1. The Balaban J connectivity index is 2.45. The first-order valence-electron chi connectivity index (χ1n) is 6.45. The van der Waals surface area contributed by atoms with Crippen LogP contribution < -0.4 is 0 Å². The molecule has 5 heteroatoms. The quantitative estimate of drug-likeness (QED) is 0.735. The van der Waals surface area contributed by atoms with Gasteiger partial charge in [0.25, 0.3) is 0 Å². The fourth-order valence-electron chi connectivity index (χ4n) is 1.88. The van der Waals surface area contributed by atoms with Gasteiger partial charge in [-0.1, -0.05) is 13.8 Å². The summed E-state index contributed by atoms with van der Waals surface area (Å²) in [5.41, 5.74) is 2.23. The molecule has 0 spiro atoms. The number of ether oxygens (including phenoxy) is 1. The second-order valence-electron chi connectivity index (χ2n) is 4.63. The van der Waals surface area contributed by atoms with Gasteiger partial charge >= 0.3 is 5.97 Å². The Morgan fingerprint density at radius 3 is 2.75 bits per heavy atom. The van der Waals surface area contributed by atoms with Gasteiger partial charge < -0.3 is 4.74 Å². The van der Waals surface area contributed by atoms with Gasteiger partial charge in [-0.05, 0) is 47.0 Å². The molecule has 0 radical (unpaired) electrons. The lowest BCUT2D eigenvalue weighted by molar-refractivity contribution is 0.0524. The average molecular weight is 354 g/mol. The molecule has 0 atom stereocenters. The molecule has 106 valence electrons. The van der Waals surface area contributed by atoms with Crippen molar-refractivity contribution in [2.24, 2.45) is 0 Å². The summed E-state index contributed by atoms with van der Waals surface area (Å²) < 4.78 is 6.13. The maximum absolute atomic E-state index is 12.0. The van der Waals surface area contributed by atoms with Crippen molar-refractivity contribution >= 4 is 33.2 Å². The molecule has 0 N–H and O–H groups in total. The standard InChI is InChI=1S/C15H16BrNO2S/c1-4-19-15(18)11-5-6-12(17-14(11)9(2)3)13-7-10(16)8-20-13/h5-9H,4H2,1-3H3. The molecule has 0 saturated carbocycles. The van der Waals surface area contributed by atoms with E-state index in [2.05, 4.69) is 20.9 Å². The van der Waals surface area contributed by atoms with Crippen LogP contribution in [0, 0.1) is 0 Å². The van der Waals surface area contributed by atoms with E-state index in [1.54, 1.807) is 18.3 Å². The van der Waals surface area contributed by atoms with Gasteiger partial charge in [-0.2, -0.15) is 0 Å². The maximum atomic E-state index is 12.0. The van der Waals surface area contributed by atoms with E-state index in [0.29, 0.717) is 12.2 Å². The number of hydrogen-bond donors (Lipinski definition) is 0. The van der Waals surface area contributed by atoms with Crippen LogP contribution in [0.5, 0.6) is 0 Å². The minimum Gasteiger partial charge on any atom is -0.462 e. The van der Waals surface area contributed by atoms with E-state index >= 15 is 0 Å². The van der Waals surface area contributed by atoms with Crippen molar-refractivity contribution in [3.8, 4) is 10.6 Å². The van der Waals surface area contributed by atoms with Crippen molar-refractivity contribution in [1.29, 1.82) is 0 Å². The summed E-state index contributed by atoms with van der Waals surface area (Å²) >= 11 is 5.07. The van der Waals surface area contributed by atoms with Gasteiger partial charge in [-0.3, -0.25) is 4.98 Å². The molecule has 0 aliphatic heterocycles. The SMILES string of the molecule is CCOC(=O)c1ccc(-c2cc(Br)cs2)nc1C(C)C. The third kappa shape index (κ3) is 3.27. The average Bonchev–Trinajstić information content (AvgIpc) is 2.85. The monoisotopic (exact) mass is 353 g/mol. The zero-order chi connectivity index (χ0) is 14.7. The van der Waals surface area contributed by atoms with Gasteiger partial charge in [-0.15, -0.1) is 11.3 Å². The molecule has 0 fully saturated rings. The van der Waals surface area contributed by atoms with Crippen LogP contribution in [-0.4, -0.2) is 17.6 Å². The number of hydrogen-bond acceptors (Lipinski definition) is 4. The molecule has 0 aliphatic rings. The normalized spacial score (nSPS) is 10.8. The summed E-state index contributed by atoms with van der Waals surface area (Å²) in [6.45, 7) is 6.23. The van der Waals surface area contributed by atoms with Crippen molar-refractivity contribution in [2.45, 2.75) is 26.7 Å². The number of nitrogens with zero attached hydrogens (tertiary/aromatic N) is 1. The molecule has 2 aromatic heterocycles. The number of halogens is 1. The number of pyridine rings is 1. The summed E-state index contributed by atoms with van der Waals surface area (Å²) in [7, 11) is 0. The van der Waals surface area contributed by atoms with E-state index in [0.717, 1.165) is 20.7 Å². The summed E-state index contributed by atoms with van der Waals surface area (Å²) in [6, 6.07) is 5.71. The molecular formula is C15H16BrNO2S. The fourth-order valence-corrected chi connectivity index (χ4v) is 3.28. The number of thiophene rings is 1. The van der Waals surface area contributed by atoms with E-state index in [4.69, 9.17) is 4.74 Å². The van der Waals surface area contributed by atoms with Crippen LogP contribution in [0.4, 0.5) is 0 Å². The van der Waals surface area contributed by atoms with Crippen LogP contribution >= 0.6 is 27.3 Å². The van der Waals surface area contributed by atoms with Gasteiger partial charge in [-0.25, -0.2) is 4.79 Å². The van der Waals surface area contributed by atoms with Crippen molar-refractivity contribution in [2.75, 3.05) is 6.61 Å². The first-order chi connectivity index (χ1) is 9.52. The molecule has 0 bridgehead atoms. The highest BCUT2D eigenvalue weighted by molar-refractivity contribution is 9.10. The Kier molecular flexibility index (Phi) is 4.94. The topological polar surface area (TPSA) is 39.2 Å². The Labute approximate surface area is 131 Å². The lowest BCUT2D eigenvalue weighted by Crippen LogP contribution is -2.11. The Bertz CT molecular complexity index is 622. The van der Waals surface area contributed by atoms with Gasteiger partial charge in [0.2, 0.25) is 0 Å². The van der Waals surface area contributed by atoms with Crippen molar-refractivity contribution in [3.63, 3.8) is 0 Å². The molecule has 2 heterocycles. The number of rotatable bonds is 4. The highest BCUT2D eigenvalue weighted by Gasteiger charge is 2.18. The molecule has 2 aromatic rings. The summed E-state index contributed by atoms with van der Waals surface area (Å²) in [5.74, 6) is -0.139. The molecular weight excluding hydrogens is 338 g/mol. The smallest absolute Gasteiger partial charge is 0.339 e. The zero-order valence-corrected chi connectivity index (χ0v) is 14.0. The fraction of sp³-hybridized carbons (Fsp3) is 0.333. The van der Waals surface area contributed by atoms with Crippen LogP contribution in [0.25, 0.3) is 10.6 Å². The highest BCUT2D eigenvalue weighted by atomic mass is 79.9. The minimum atomic E-state index is -0.303. The van der Waals surface area contributed by atoms with Crippen molar-refractivity contribution in [3.05, 3.63) is 39.3 Å². The van der Waals surface area contributed by atoms with Gasteiger partial charge in [0, 0.05) is 9.85 Å².